The molecule has 0 fully saturated rings. The minimum absolute atomic E-state index is 0.118. The Morgan fingerprint density at radius 3 is 2.37 bits per heavy atom. The van der Waals surface area contributed by atoms with Crippen LogP contribution in [0.4, 0.5) is 0 Å². The Bertz CT molecular complexity index is 565. The van der Waals surface area contributed by atoms with Gasteiger partial charge in [-0.3, -0.25) is 0 Å². The second-order valence-electron chi connectivity index (χ2n) is 4.92. The van der Waals surface area contributed by atoms with Gasteiger partial charge in [0.05, 0.1) is 16.9 Å². The quantitative estimate of drug-likeness (QED) is 0.659. The van der Waals surface area contributed by atoms with Crippen molar-refractivity contribution < 1.29 is 0 Å². The second-order valence-corrected chi connectivity index (χ2v) is 6.10. The number of halogens is 2. The number of aromatic nitrogens is 2. The molecule has 104 valence electrons. The summed E-state index contributed by atoms with van der Waals surface area (Å²) in [5.41, 5.74) is 2.32. The van der Waals surface area contributed by atoms with Gasteiger partial charge in [0, 0.05) is 10.0 Å². The topological polar surface area (TPSA) is 17.8 Å². The van der Waals surface area contributed by atoms with Crippen LogP contribution in [-0.4, -0.2) is 9.55 Å². The zero-order valence-corrected chi connectivity index (χ0v) is 14.1. The monoisotopic (exact) mass is 342 g/mol. The van der Waals surface area contributed by atoms with Gasteiger partial charge in [0.15, 0.2) is 0 Å². The van der Waals surface area contributed by atoms with E-state index in [0.717, 1.165) is 35.1 Å². The highest BCUT2D eigenvalue weighted by atomic mass is 79.9. The van der Waals surface area contributed by atoms with Crippen LogP contribution < -0.4 is 0 Å². The van der Waals surface area contributed by atoms with Crippen molar-refractivity contribution in [2.75, 3.05) is 0 Å². The van der Waals surface area contributed by atoms with Gasteiger partial charge in [0.2, 0.25) is 0 Å². The SMILES string of the molecule is CCC(CC)(CC)n1c(CCl)nc2cc(Br)ccc21. The van der Waals surface area contributed by atoms with Crippen LogP contribution in [-0.2, 0) is 11.4 Å². The van der Waals surface area contributed by atoms with Crippen LogP contribution in [0.2, 0.25) is 0 Å². The summed E-state index contributed by atoms with van der Waals surface area (Å²) in [7, 11) is 0. The van der Waals surface area contributed by atoms with Crippen LogP contribution in [0.5, 0.6) is 0 Å². The molecular formula is C15H20BrClN2. The first kappa shape index (κ1) is 14.9. The van der Waals surface area contributed by atoms with E-state index in [0.29, 0.717) is 5.88 Å². The summed E-state index contributed by atoms with van der Waals surface area (Å²) in [6.07, 6.45) is 3.27. The summed E-state index contributed by atoms with van der Waals surface area (Å²) < 4.78 is 3.42. The van der Waals surface area contributed by atoms with E-state index in [1.807, 2.05) is 0 Å². The molecule has 0 atom stereocenters. The molecule has 19 heavy (non-hydrogen) atoms. The van der Waals surface area contributed by atoms with Gasteiger partial charge >= 0.3 is 0 Å². The molecule has 2 nitrogen and oxygen atoms in total. The highest BCUT2D eigenvalue weighted by molar-refractivity contribution is 9.10. The number of alkyl halides is 1. The van der Waals surface area contributed by atoms with Crippen molar-refractivity contribution in [3.63, 3.8) is 0 Å². The normalized spacial score (nSPS) is 12.3. The molecule has 0 bridgehead atoms. The third-order valence-electron chi connectivity index (χ3n) is 4.25. The molecular weight excluding hydrogens is 324 g/mol. The van der Waals surface area contributed by atoms with Crippen molar-refractivity contribution in [2.45, 2.75) is 51.5 Å². The number of benzene rings is 1. The van der Waals surface area contributed by atoms with E-state index < -0.39 is 0 Å². The molecule has 4 heteroatoms. The van der Waals surface area contributed by atoms with Crippen molar-refractivity contribution in [1.82, 2.24) is 9.55 Å². The van der Waals surface area contributed by atoms with E-state index in [1.165, 1.54) is 5.52 Å². The molecule has 1 heterocycles. The van der Waals surface area contributed by atoms with Gasteiger partial charge < -0.3 is 4.57 Å². The van der Waals surface area contributed by atoms with E-state index >= 15 is 0 Å². The van der Waals surface area contributed by atoms with Crippen LogP contribution >= 0.6 is 27.5 Å². The van der Waals surface area contributed by atoms with Gasteiger partial charge in [-0.2, -0.15) is 0 Å². The zero-order chi connectivity index (χ0) is 14.0. The molecule has 0 aliphatic carbocycles. The van der Waals surface area contributed by atoms with Crippen molar-refractivity contribution in [3.05, 3.63) is 28.5 Å². The first-order valence-corrected chi connectivity index (χ1v) is 8.18. The maximum Gasteiger partial charge on any atom is 0.125 e. The van der Waals surface area contributed by atoms with E-state index in [4.69, 9.17) is 16.6 Å². The number of hydrogen-bond acceptors (Lipinski definition) is 1. The highest BCUT2D eigenvalue weighted by Crippen LogP contribution is 2.35. The number of fused-ring (bicyclic) bond motifs is 1. The first-order valence-electron chi connectivity index (χ1n) is 6.85. The lowest BCUT2D eigenvalue weighted by Crippen LogP contribution is -2.32. The molecule has 0 amide bonds. The Morgan fingerprint density at radius 1 is 1.21 bits per heavy atom. The summed E-state index contributed by atoms with van der Waals surface area (Å²) >= 11 is 9.63. The Kier molecular flexibility index (Phi) is 4.57. The van der Waals surface area contributed by atoms with E-state index in [-0.39, 0.29) is 5.54 Å². The average molecular weight is 344 g/mol. The van der Waals surface area contributed by atoms with Crippen molar-refractivity contribution in [2.24, 2.45) is 0 Å². The molecule has 0 unspecified atom stereocenters. The van der Waals surface area contributed by atoms with Gasteiger partial charge in [-0.15, -0.1) is 11.6 Å². The van der Waals surface area contributed by atoms with Crippen LogP contribution in [0, 0.1) is 0 Å². The highest BCUT2D eigenvalue weighted by Gasteiger charge is 2.30. The average Bonchev–Trinajstić information content (AvgIpc) is 2.80. The number of imidazole rings is 1. The van der Waals surface area contributed by atoms with E-state index in [9.17, 15) is 0 Å². The van der Waals surface area contributed by atoms with E-state index in [1.54, 1.807) is 0 Å². The summed E-state index contributed by atoms with van der Waals surface area (Å²) in [5, 5.41) is 0. The fourth-order valence-corrected chi connectivity index (χ4v) is 3.47. The van der Waals surface area contributed by atoms with Gasteiger partial charge in [-0.05, 0) is 37.5 Å². The fourth-order valence-electron chi connectivity index (χ4n) is 2.95. The predicted molar refractivity (Wildman–Crippen MR) is 85.8 cm³/mol. The van der Waals surface area contributed by atoms with Crippen LogP contribution in [0.25, 0.3) is 11.0 Å². The summed E-state index contributed by atoms with van der Waals surface area (Å²) in [5.74, 6) is 1.42. The van der Waals surface area contributed by atoms with Gasteiger partial charge in [0.1, 0.15) is 5.82 Å². The molecule has 0 radical (unpaired) electrons. The van der Waals surface area contributed by atoms with Crippen LogP contribution in [0.1, 0.15) is 45.9 Å². The van der Waals surface area contributed by atoms with Crippen molar-refractivity contribution in [1.29, 1.82) is 0 Å². The second kappa shape index (κ2) is 5.84. The van der Waals surface area contributed by atoms with Gasteiger partial charge in [0.25, 0.3) is 0 Å². The first-order chi connectivity index (χ1) is 9.11. The smallest absolute Gasteiger partial charge is 0.125 e. The molecule has 0 N–H and O–H groups in total. The largest absolute Gasteiger partial charge is 0.321 e. The van der Waals surface area contributed by atoms with Crippen molar-refractivity contribution >= 4 is 38.6 Å². The third kappa shape index (κ3) is 2.43. The number of rotatable bonds is 5. The maximum atomic E-state index is 6.13. The Labute approximate surface area is 128 Å². The van der Waals surface area contributed by atoms with E-state index in [2.05, 4.69) is 59.5 Å². The number of nitrogens with zero attached hydrogens (tertiary/aromatic N) is 2. The van der Waals surface area contributed by atoms with Gasteiger partial charge in [-0.1, -0.05) is 36.7 Å². The Hall–Kier alpha value is -0.540. The molecule has 2 rings (SSSR count). The molecule has 0 saturated carbocycles. The lowest BCUT2D eigenvalue weighted by Gasteiger charge is -2.34. The summed E-state index contributed by atoms with van der Waals surface area (Å²) in [6, 6.07) is 6.27. The third-order valence-corrected chi connectivity index (χ3v) is 4.99. The molecule has 2 aromatic rings. The lowest BCUT2D eigenvalue weighted by molar-refractivity contribution is 0.253. The molecule has 1 aromatic carbocycles. The molecule has 0 aliphatic rings. The minimum Gasteiger partial charge on any atom is -0.321 e. The predicted octanol–water partition coefficient (Wildman–Crippen LogP) is 5.46. The molecule has 1 aromatic heterocycles. The fraction of sp³-hybridized carbons (Fsp3) is 0.533. The lowest BCUT2D eigenvalue weighted by atomic mass is 9.89. The standard InChI is InChI=1S/C15H20BrClN2/c1-4-15(5-2,6-3)19-13-8-7-11(16)9-12(13)18-14(19)10-17/h7-9H,4-6,10H2,1-3H3. The molecule has 0 aliphatic heterocycles. The summed E-state index contributed by atoms with van der Waals surface area (Å²) in [6.45, 7) is 6.74. The summed E-state index contributed by atoms with van der Waals surface area (Å²) in [4.78, 5) is 4.70. The van der Waals surface area contributed by atoms with Gasteiger partial charge in [-0.25, -0.2) is 4.98 Å². The van der Waals surface area contributed by atoms with Crippen LogP contribution in [0.3, 0.4) is 0 Å². The minimum atomic E-state index is 0.118. The molecule has 0 saturated heterocycles. The van der Waals surface area contributed by atoms with Crippen LogP contribution in [0.15, 0.2) is 22.7 Å². The van der Waals surface area contributed by atoms with Crippen molar-refractivity contribution in [3.8, 4) is 0 Å². The zero-order valence-electron chi connectivity index (χ0n) is 11.7. The molecule has 0 spiro atoms. The maximum absolute atomic E-state index is 6.13. The Balaban J connectivity index is 2.76. The number of hydrogen-bond donors (Lipinski definition) is 0. The Morgan fingerprint density at radius 2 is 1.84 bits per heavy atom.